The molecule has 0 spiro atoms. The Morgan fingerprint density at radius 2 is 2.11 bits per heavy atom. The zero-order valence-electron chi connectivity index (χ0n) is 11.8. The average molecular weight is 284 g/mol. The summed E-state index contributed by atoms with van der Waals surface area (Å²) < 4.78 is 0. The second kappa shape index (κ2) is 7.34. The van der Waals surface area contributed by atoms with Crippen LogP contribution >= 0.6 is 11.6 Å². The van der Waals surface area contributed by atoms with Gasteiger partial charge in [-0.2, -0.15) is 0 Å². The fourth-order valence-corrected chi connectivity index (χ4v) is 2.06. The molecular weight excluding hydrogens is 262 g/mol. The Labute approximate surface area is 120 Å². The number of hydrogen-bond donors (Lipinski definition) is 1. The van der Waals surface area contributed by atoms with Crippen LogP contribution in [-0.2, 0) is 0 Å². The molecule has 1 heterocycles. The van der Waals surface area contributed by atoms with Crippen molar-refractivity contribution in [1.82, 2.24) is 9.88 Å². The highest BCUT2D eigenvalue weighted by Crippen LogP contribution is 2.18. The number of nitrogen functional groups attached to an aromatic ring is 1. The Morgan fingerprint density at radius 1 is 1.42 bits per heavy atom. The van der Waals surface area contributed by atoms with Crippen LogP contribution in [0.5, 0.6) is 0 Å². The second-order valence-corrected chi connectivity index (χ2v) is 5.27. The Hall–Kier alpha value is -1.29. The first-order valence-corrected chi connectivity index (χ1v) is 7.08. The summed E-state index contributed by atoms with van der Waals surface area (Å²) in [4.78, 5) is 18.3. The van der Waals surface area contributed by atoms with Gasteiger partial charge >= 0.3 is 0 Å². The monoisotopic (exact) mass is 283 g/mol. The molecule has 1 rings (SSSR count). The quantitative estimate of drug-likeness (QED) is 0.815. The lowest BCUT2D eigenvalue weighted by Crippen LogP contribution is -2.38. The van der Waals surface area contributed by atoms with E-state index in [1.54, 1.807) is 17.0 Å². The molecule has 0 radical (unpaired) electrons. The van der Waals surface area contributed by atoms with E-state index in [9.17, 15) is 4.79 Å². The number of carbonyl (C=O) groups excluding carboxylic acids is 1. The minimum Gasteiger partial charge on any atom is -0.384 e. The molecule has 1 amide bonds. The van der Waals surface area contributed by atoms with Crippen molar-refractivity contribution in [2.45, 2.75) is 46.1 Å². The summed E-state index contributed by atoms with van der Waals surface area (Å²) in [7, 11) is 0. The third-order valence-corrected chi connectivity index (χ3v) is 3.26. The number of nitrogens with two attached hydrogens (primary N) is 1. The topological polar surface area (TPSA) is 59.2 Å². The van der Waals surface area contributed by atoms with Crippen LogP contribution in [-0.4, -0.2) is 28.4 Å². The van der Waals surface area contributed by atoms with E-state index in [2.05, 4.69) is 11.9 Å². The van der Waals surface area contributed by atoms with Crippen LogP contribution in [0.4, 0.5) is 5.82 Å². The normalized spacial score (nSPS) is 10.8. The Balaban J connectivity index is 2.89. The van der Waals surface area contributed by atoms with Crippen molar-refractivity contribution in [2.75, 3.05) is 12.3 Å². The number of amides is 1. The lowest BCUT2D eigenvalue weighted by Gasteiger charge is -2.26. The molecular formula is C14H22ClN3O. The maximum atomic E-state index is 12.5. The predicted molar refractivity (Wildman–Crippen MR) is 79.4 cm³/mol. The van der Waals surface area contributed by atoms with Crippen LogP contribution in [0.1, 0.15) is 50.5 Å². The first-order valence-electron chi connectivity index (χ1n) is 6.70. The van der Waals surface area contributed by atoms with Gasteiger partial charge in [-0.3, -0.25) is 4.79 Å². The molecule has 2 N–H and O–H groups in total. The summed E-state index contributed by atoms with van der Waals surface area (Å²) in [5.74, 6) is 0.161. The number of aromatic nitrogens is 1. The molecule has 0 aromatic carbocycles. The van der Waals surface area contributed by atoms with E-state index in [-0.39, 0.29) is 17.6 Å². The van der Waals surface area contributed by atoms with Gasteiger partial charge in [0.15, 0.2) is 0 Å². The number of carbonyl (C=O) groups is 1. The lowest BCUT2D eigenvalue weighted by atomic mass is 10.2. The molecule has 1 aromatic rings. The number of rotatable bonds is 6. The van der Waals surface area contributed by atoms with E-state index in [4.69, 9.17) is 17.3 Å². The minimum absolute atomic E-state index is 0.114. The van der Waals surface area contributed by atoms with Gasteiger partial charge in [0.2, 0.25) is 0 Å². The number of halogens is 1. The maximum Gasteiger partial charge on any atom is 0.274 e. The van der Waals surface area contributed by atoms with Gasteiger partial charge < -0.3 is 10.6 Å². The zero-order chi connectivity index (χ0) is 14.4. The molecule has 106 valence electrons. The first-order chi connectivity index (χ1) is 8.97. The number of nitrogens with zero attached hydrogens (tertiary/aromatic N) is 2. The second-order valence-electron chi connectivity index (χ2n) is 4.87. The lowest BCUT2D eigenvalue weighted by molar-refractivity contribution is 0.0696. The van der Waals surface area contributed by atoms with Crippen molar-refractivity contribution in [3.63, 3.8) is 0 Å². The van der Waals surface area contributed by atoms with Gasteiger partial charge in [-0.15, -0.1) is 0 Å². The smallest absolute Gasteiger partial charge is 0.274 e. The van der Waals surface area contributed by atoms with Crippen molar-refractivity contribution in [3.05, 3.63) is 22.8 Å². The molecule has 0 saturated carbocycles. The Kier molecular flexibility index (Phi) is 6.09. The molecule has 0 bridgehead atoms. The molecule has 0 aliphatic rings. The SMILES string of the molecule is CCCCCN(C(=O)c1nc(N)ccc1Cl)C(C)C. The van der Waals surface area contributed by atoms with Crippen LogP contribution in [0.3, 0.4) is 0 Å². The van der Waals surface area contributed by atoms with Crippen molar-refractivity contribution in [3.8, 4) is 0 Å². The molecule has 1 aromatic heterocycles. The minimum atomic E-state index is -0.150. The van der Waals surface area contributed by atoms with Crippen molar-refractivity contribution >= 4 is 23.3 Å². The first kappa shape index (κ1) is 15.8. The van der Waals surface area contributed by atoms with E-state index in [1.165, 1.54) is 0 Å². The van der Waals surface area contributed by atoms with Crippen LogP contribution in [0, 0.1) is 0 Å². The van der Waals surface area contributed by atoms with Crippen LogP contribution in [0.15, 0.2) is 12.1 Å². The number of hydrogen-bond acceptors (Lipinski definition) is 3. The molecule has 0 aliphatic carbocycles. The highest BCUT2D eigenvalue weighted by molar-refractivity contribution is 6.33. The molecule has 19 heavy (non-hydrogen) atoms. The summed E-state index contributed by atoms with van der Waals surface area (Å²) in [5, 5.41) is 0.348. The van der Waals surface area contributed by atoms with Gasteiger partial charge in [0.1, 0.15) is 11.5 Å². The van der Waals surface area contributed by atoms with E-state index >= 15 is 0 Å². The van der Waals surface area contributed by atoms with E-state index in [1.807, 2.05) is 13.8 Å². The molecule has 4 nitrogen and oxygen atoms in total. The Morgan fingerprint density at radius 3 is 2.68 bits per heavy atom. The summed E-state index contributed by atoms with van der Waals surface area (Å²) >= 11 is 6.04. The van der Waals surface area contributed by atoms with Crippen LogP contribution in [0.2, 0.25) is 5.02 Å². The van der Waals surface area contributed by atoms with E-state index < -0.39 is 0 Å². The average Bonchev–Trinajstić information content (AvgIpc) is 2.36. The van der Waals surface area contributed by atoms with Gasteiger partial charge in [-0.25, -0.2) is 4.98 Å². The summed E-state index contributed by atoms with van der Waals surface area (Å²) in [6.45, 7) is 6.84. The summed E-state index contributed by atoms with van der Waals surface area (Å²) in [6.07, 6.45) is 3.21. The third-order valence-electron chi connectivity index (χ3n) is 2.96. The number of anilines is 1. The predicted octanol–water partition coefficient (Wildman–Crippen LogP) is 3.36. The van der Waals surface area contributed by atoms with Gasteiger partial charge in [0, 0.05) is 12.6 Å². The zero-order valence-corrected chi connectivity index (χ0v) is 12.6. The molecule has 0 unspecified atom stereocenters. The number of pyridine rings is 1. The van der Waals surface area contributed by atoms with Crippen molar-refractivity contribution in [2.24, 2.45) is 0 Å². The van der Waals surface area contributed by atoms with Crippen LogP contribution < -0.4 is 5.73 Å². The molecule has 0 saturated heterocycles. The standard InChI is InChI=1S/C14H22ClN3O/c1-4-5-6-9-18(10(2)3)14(19)13-11(15)7-8-12(16)17-13/h7-8,10H,4-6,9H2,1-3H3,(H2,16,17). The fraction of sp³-hybridized carbons (Fsp3) is 0.571. The highest BCUT2D eigenvalue weighted by Gasteiger charge is 2.22. The largest absolute Gasteiger partial charge is 0.384 e. The molecule has 0 aliphatic heterocycles. The summed E-state index contributed by atoms with van der Waals surface area (Å²) in [6, 6.07) is 3.32. The van der Waals surface area contributed by atoms with Crippen LogP contribution in [0.25, 0.3) is 0 Å². The maximum absolute atomic E-state index is 12.5. The highest BCUT2D eigenvalue weighted by atomic mass is 35.5. The van der Waals surface area contributed by atoms with Gasteiger partial charge in [-0.1, -0.05) is 31.4 Å². The Bertz CT molecular complexity index is 435. The van der Waals surface area contributed by atoms with E-state index in [0.29, 0.717) is 10.8 Å². The van der Waals surface area contributed by atoms with Gasteiger partial charge in [0.05, 0.1) is 5.02 Å². The van der Waals surface area contributed by atoms with E-state index in [0.717, 1.165) is 25.8 Å². The molecule has 5 heteroatoms. The van der Waals surface area contributed by atoms with Crippen molar-refractivity contribution in [1.29, 1.82) is 0 Å². The van der Waals surface area contributed by atoms with Gasteiger partial charge in [-0.05, 0) is 32.4 Å². The number of unbranched alkanes of at least 4 members (excludes halogenated alkanes) is 2. The van der Waals surface area contributed by atoms with Gasteiger partial charge in [0.25, 0.3) is 5.91 Å². The fourth-order valence-electron chi connectivity index (χ4n) is 1.87. The molecule has 0 atom stereocenters. The summed E-state index contributed by atoms with van der Waals surface area (Å²) in [5.41, 5.74) is 5.87. The van der Waals surface area contributed by atoms with Crippen molar-refractivity contribution < 1.29 is 4.79 Å². The third kappa shape index (κ3) is 4.39. The molecule has 0 fully saturated rings.